The van der Waals surface area contributed by atoms with Gasteiger partial charge in [-0.05, 0) is 24.0 Å². The number of rotatable bonds is 5. The van der Waals surface area contributed by atoms with Crippen LogP contribution in [0.25, 0.3) is 16.8 Å². The topological polar surface area (TPSA) is 107 Å². The molecule has 4 rings (SSSR count). The van der Waals surface area contributed by atoms with E-state index in [-0.39, 0.29) is 17.5 Å². The Bertz CT molecular complexity index is 1210. The number of benzene rings is 1. The number of halogens is 2. The van der Waals surface area contributed by atoms with E-state index in [9.17, 15) is 23.5 Å². The van der Waals surface area contributed by atoms with Crippen LogP contribution < -0.4 is 15.9 Å². The molecule has 0 fully saturated rings. The molecule has 0 radical (unpaired) electrons. The third kappa shape index (κ3) is 3.57. The van der Waals surface area contributed by atoms with Crippen molar-refractivity contribution >= 4 is 17.8 Å². The van der Waals surface area contributed by atoms with E-state index in [4.69, 9.17) is 10.5 Å². The molecule has 0 spiro atoms. The van der Waals surface area contributed by atoms with Crippen molar-refractivity contribution < 1.29 is 23.4 Å². The molecule has 168 valence electrons. The number of fused-ring (bicyclic) bond motifs is 5. The molecule has 2 aliphatic heterocycles. The Balaban J connectivity index is 1.99. The van der Waals surface area contributed by atoms with Gasteiger partial charge in [-0.25, -0.2) is 9.79 Å². The number of alkyl halides is 2. The highest BCUT2D eigenvalue weighted by Gasteiger charge is 2.33. The van der Waals surface area contributed by atoms with Gasteiger partial charge in [0, 0.05) is 59.4 Å². The first kappa shape index (κ1) is 21.7. The van der Waals surface area contributed by atoms with E-state index in [0.29, 0.717) is 42.0 Å². The van der Waals surface area contributed by atoms with Crippen LogP contribution in [-0.2, 0) is 12.8 Å². The van der Waals surface area contributed by atoms with Crippen LogP contribution in [0.5, 0.6) is 5.75 Å². The Morgan fingerprint density at radius 3 is 2.72 bits per heavy atom. The van der Waals surface area contributed by atoms with Crippen molar-refractivity contribution in [1.82, 2.24) is 4.57 Å². The highest BCUT2D eigenvalue weighted by atomic mass is 19.3. The monoisotopic (exact) mass is 443 g/mol. The number of hydrogen-bond acceptors (Lipinski definition) is 5. The van der Waals surface area contributed by atoms with Crippen LogP contribution in [0.1, 0.15) is 46.9 Å². The maximum absolute atomic E-state index is 12.7. The number of carboxylic acid groups (broad SMARTS) is 1. The molecule has 0 amide bonds. The second kappa shape index (κ2) is 8.22. The van der Waals surface area contributed by atoms with Crippen LogP contribution in [0.15, 0.2) is 34.3 Å². The van der Waals surface area contributed by atoms with E-state index in [1.165, 1.54) is 18.5 Å². The molecule has 0 aliphatic carbocycles. The number of carboxylic acids is 1. The van der Waals surface area contributed by atoms with Crippen molar-refractivity contribution in [3.63, 3.8) is 0 Å². The van der Waals surface area contributed by atoms with Crippen molar-refractivity contribution in [3.05, 3.63) is 57.0 Å². The van der Waals surface area contributed by atoms with Crippen molar-refractivity contribution in [2.75, 3.05) is 6.61 Å². The molecule has 32 heavy (non-hydrogen) atoms. The zero-order valence-corrected chi connectivity index (χ0v) is 17.6. The first-order valence-electron chi connectivity index (χ1n) is 10.3. The van der Waals surface area contributed by atoms with Gasteiger partial charge in [-0.3, -0.25) is 4.79 Å². The van der Waals surface area contributed by atoms with Crippen molar-refractivity contribution in [1.29, 1.82) is 0 Å². The van der Waals surface area contributed by atoms with Crippen LogP contribution >= 0.6 is 0 Å². The molecule has 0 saturated heterocycles. The fourth-order valence-corrected chi connectivity index (χ4v) is 4.54. The fraction of sp³-hybridized carbons (Fsp3) is 0.348. The highest BCUT2D eigenvalue weighted by Crippen LogP contribution is 2.46. The number of ether oxygens (including phenoxy) is 1. The van der Waals surface area contributed by atoms with Crippen molar-refractivity contribution in [3.8, 4) is 17.0 Å². The lowest BCUT2D eigenvalue weighted by Crippen LogP contribution is -2.28. The minimum Gasteiger partial charge on any atom is -0.492 e. The van der Waals surface area contributed by atoms with Gasteiger partial charge >= 0.3 is 12.5 Å². The molecule has 0 saturated carbocycles. The summed E-state index contributed by atoms with van der Waals surface area (Å²) >= 11 is 0. The second-order valence-electron chi connectivity index (χ2n) is 8.21. The maximum Gasteiger partial charge on any atom is 0.341 e. The number of nitrogens with two attached hydrogens (primary N) is 1. The zero-order valence-electron chi connectivity index (χ0n) is 17.6. The Morgan fingerprint density at radius 1 is 1.34 bits per heavy atom. The molecule has 1 aromatic heterocycles. The molecular weight excluding hydrogens is 420 g/mol. The molecule has 1 aromatic carbocycles. The summed E-state index contributed by atoms with van der Waals surface area (Å²) in [6, 6.07) is 3.13. The van der Waals surface area contributed by atoms with Crippen LogP contribution in [0.2, 0.25) is 0 Å². The summed E-state index contributed by atoms with van der Waals surface area (Å²) in [7, 11) is 0. The Hall–Kier alpha value is -3.49. The van der Waals surface area contributed by atoms with Gasteiger partial charge in [0.2, 0.25) is 0 Å². The van der Waals surface area contributed by atoms with Crippen LogP contribution in [-0.4, -0.2) is 35.0 Å². The molecule has 3 heterocycles. The average molecular weight is 443 g/mol. The number of nitrogens with zero attached hydrogens (tertiary/aromatic N) is 2. The Labute approximate surface area is 182 Å². The van der Waals surface area contributed by atoms with Gasteiger partial charge in [0.1, 0.15) is 11.3 Å². The first-order valence-corrected chi connectivity index (χ1v) is 10.3. The molecule has 3 N–H and O–H groups in total. The summed E-state index contributed by atoms with van der Waals surface area (Å²) in [5, 5.41) is 9.44. The second-order valence-corrected chi connectivity index (χ2v) is 8.21. The van der Waals surface area contributed by atoms with Gasteiger partial charge in [-0.2, -0.15) is 8.78 Å². The predicted octanol–water partition coefficient (Wildman–Crippen LogP) is 3.49. The third-order valence-corrected chi connectivity index (χ3v) is 6.00. The first-order chi connectivity index (χ1) is 15.2. The lowest BCUT2D eigenvalue weighted by molar-refractivity contribution is 0.0694. The number of allylic oxidation sites excluding steroid dienone is 1. The standard InChI is InChI=1S/C23H23F2N3O4/c1-11(2)17-6-12-5-15(13(8-26)9-27-23(24)25)21-14(3-4-32-21)20(12)18-7-19(29)16(22(30)31)10-28(17)18/h5,7-11,17,23H,3-4,6,26H2,1-2H3,(H,30,31). The van der Waals surface area contributed by atoms with E-state index in [2.05, 4.69) is 4.99 Å². The lowest BCUT2D eigenvalue weighted by atomic mass is 9.82. The molecule has 9 heteroatoms. The maximum atomic E-state index is 12.7. The SMILES string of the molecule is CC(C)C1Cc2cc(C(C=NC(F)F)=CN)c3c(c2-c2cc(=O)c(C(=O)O)cn21)CCO3. The molecule has 1 atom stereocenters. The van der Waals surface area contributed by atoms with E-state index in [0.717, 1.165) is 22.9 Å². The van der Waals surface area contributed by atoms with E-state index < -0.39 is 17.9 Å². The fourth-order valence-electron chi connectivity index (χ4n) is 4.54. The van der Waals surface area contributed by atoms with Crippen LogP contribution in [0.4, 0.5) is 8.78 Å². The van der Waals surface area contributed by atoms with Gasteiger partial charge in [0.25, 0.3) is 0 Å². The number of aromatic nitrogens is 1. The molecular formula is C23H23F2N3O4. The van der Waals surface area contributed by atoms with Crippen molar-refractivity contribution in [2.24, 2.45) is 16.6 Å². The summed E-state index contributed by atoms with van der Waals surface area (Å²) in [5.74, 6) is -0.604. The summed E-state index contributed by atoms with van der Waals surface area (Å²) in [4.78, 5) is 27.3. The minimum atomic E-state index is -2.86. The Morgan fingerprint density at radius 2 is 2.09 bits per heavy atom. The van der Waals surface area contributed by atoms with Gasteiger partial charge in [0.05, 0.1) is 12.3 Å². The molecule has 1 unspecified atom stereocenters. The minimum absolute atomic E-state index is 0.0931. The largest absolute Gasteiger partial charge is 0.492 e. The summed E-state index contributed by atoms with van der Waals surface area (Å²) in [5.41, 5.74) is 9.01. The molecule has 7 nitrogen and oxygen atoms in total. The quantitative estimate of drug-likeness (QED) is 0.543. The molecule has 2 aliphatic rings. The Kier molecular flexibility index (Phi) is 5.58. The normalized spacial score (nSPS) is 17.4. The number of hydrogen-bond donors (Lipinski definition) is 2. The summed E-state index contributed by atoms with van der Waals surface area (Å²) in [6.07, 6.45) is 4.82. The van der Waals surface area contributed by atoms with E-state index in [1.54, 1.807) is 0 Å². The van der Waals surface area contributed by atoms with Gasteiger partial charge in [-0.1, -0.05) is 13.8 Å². The lowest BCUT2D eigenvalue weighted by Gasteiger charge is -2.34. The van der Waals surface area contributed by atoms with Gasteiger partial charge < -0.3 is 20.1 Å². The number of pyridine rings is 1. The molecule has 0 bridgehead atoms. The van der Waals surface area contributed by atoms with E-state index >= 15 is 0 Å². The number of carbonyl (C=O) groups is 1. The van der Waals surface area contributed by atoms with Crippen LogP contribution in [0.3, 0.4) is 0 Å². The summed E-state index contributed by atoms with van der Waals surface area (Å²) < 4.78 is 33.0. The van der Waals surface area contributed by atoms with E-state index in [1.807, 2.05) is 24.5 Å². The number of aliphatic imine (C=N–C) groups is 1. The van der Waals surface area contributed by atoms with Gasteiger partial charge in [-0.15, -0.1) is 0 Å². The third-order valence-electron chi connectivity index (χ3n) is 6.00. The highest BCUT2D eigenvalue weighted by molar-refractivity contribution is 6.11. The zero-order chi connectivity index (χ0) is 23.2. The summed E-state index contributed by atoms with van der Waals surface area (Å²) in [6.45, 7) is 1.59. The average Bonchev–Trinajstić information content (AvgIpc) is 3.22. The predicted molar refractivity (Wildman–Crippen MR) is 117 cm³/mol. The number of aromatic carboxylic acids is 1. The smallest absolute Gasteiger partial charge is 0.341 e. The van der Waals surface area contributed by atoms with Gasteiger partial charge in [0.15, 0.2) is 5.43 Å². The molecule has 2 aromatic rings. The van der Waals surface area contributed by atoms with Crippen molar-refractivity contribution in [2.45, 2.75) is 39.3 Å². The van der Waals surface area contributed by atoms with Crippen LogP contribution in [0, 0.1) is 5.92 Å².